The first-order valence-corrected chi connectivity index (χ1v) is 6.52. The monoisotopic (exact) mass is 275 g/mol. The number of rotatable bonds is 4. The number of hydrogen-bond acceptors (Lipinski definition) is 2. The maximum absolute atomic E-state index is 13.5. The highest BCUT2D eigenvalue weighted by Crippen LogP contribution is 2.23. The van der Waals surface area contributed by atoms with Crippen LogP contribution in [0, 0.1) is 11.6 Å². The van der Waals surface area contributed by atoms with Crippen molar-refractivity contribution in [1.82, 2.24) is 5.32 Å². The maximum atomic E-state index is 13.5. The smallest absolute Gasteiger partial charge is 0.130 e. The van der Waals surface area contributed by atoms with Crippen molar-refractivity contribution >= 4 is 11.6 Å². The van der Waals surface area contributed by atoms with Crippen molar-refractivity contribution in [2.45, 2.75) is 24.9 Å². The zero-order valence-electron chi connectivity index (χ0n) is 10.0. The average Bonchev–Trinajstić information content (AvgIpc) is 2.39. The topological polar surface area (TPSA) is 21.3 Å². The van der Waals surface area contributed by atoms with Crippen LogP contribution in [0.1, 0.15) is 18.4 Å². The molecule has 18 heavy (non-hydrogen) atoms. The molecule has 1 aliphatic heterocycles. The number of hydrogen-bond donors (Lipinski definition) is 1. The van der Waals surface area contributed by atoms with Crippen LogP contribution in [0.2, 0.25) is 0 Å². The van der Waals surface area contributed by atoms with E-state index in [0.717, 1.165) is 12.8 Å². The Kier molecular flexibility index (Phi) is 4.54. The Balaban J connectivity index is 2.05. The Morgan fingerprint density at radius 3 is 2.39 bits per heavy atom. The maximum Gasteiger partial charge on any atom is 0.130 e. The minimum atomic E-state index is -0.528. The predicted octanol–water partition coefficient (Wildman–Crippen LogP) is 2.84. The van der Waals surface area contributed by atoms with Gasteiger partial charge in [0.2, 0.25) is 0 Å². The molecule has 0 radical (unpaired) electrons. The fourth-order valence-electron chi connectivity index (χ4n) is 2.10. The third-order valence-electron chi connectivity index (χ3n) is 3.41. The number of benzene rings is 1. The molecular weight excluding hydrogens is 260 g/mol. The number of halogens is 3. The normalized spacial score (nSPS) is 18.8. The van der Waals surface area contributed by atoms with E-state index in [2.05, 4.69) is 5.32 Å². The molecule has 1 aliphatic rings. The summed E-state index contributed by atoms with van der Waals surface area (Å²) in [7, 11) is 0. The molecule has 0 aromatic heterocycles. The fourth-order valence-corrected chi connectivity index (χ4v) is 2.46. The molecule has 1 saturated heterocycles. The van der Waals surface area contributed by atoms with Gasteiger partial charge in [0.05, 0.1) is 0 Å². The molecule has 2 nitrogen and oxygen atoms in total. The zero-order valence-corrected chi connectivity index (χ0v) is 10.8. The van der Waals surface area contributed by atoms with Crippen molar-refractivity contribution in [1.29, 1.82) is 0 Å². The van der Waals surface area contributed by atoms with Crippen LogP contribution in [-0.2, 0) is 11.3 Å². The van der Waals surface area contributed by atoms with Crippen LogP contribution >= 0.6 is 11.6 Å². The molecule has 0 bridgehead atoms. The van der Waals surface area contributed by atoms with Crippen LogP contribution in [0.15, 0.2) is 18.2 Å². The van der Waals surface area contributed by atoms with Gasteiger partial charge in [-0.05, 0) is 25.0 Å². The molecule has 0 atom stereocenters. The van der Waals surface area contributed by atoms with Gasteiger partial charge in [-0.3, -0.25) is 0 Å². The van der Waals surface area contributed by atoms with Crippen molar-refractivity contribution in [3.05, 3.63) is 35.4 Å². The summed E-state index contributed by atoms with van der Waals surface area (Å²) in [5, 5.41) is 3.19. The van der Waals surface area contributed by atoms with E-state index in [1.165, 1.54) is 18.2 Å². The molecule has 1 aromatic carbocycles. The quantitative estimate of drug-likeness (QED) is 0.853. The molecule has 0 spiro atoms. The lowest BCUT2D eigenvalue weighted by molar-refractivity contribution is 0.0457. The highest BCUT2D eigenvalue weighted by atomic mass is 35.5. The molecule has 100 valence electrons. The first kappa shape index (κ1) is 13.7. The summed E-state index contributed by atoms with van der Waals surface area (Å²) in [5.74, 6) is -0.648. The van der Waals surface area contributed by atoms with Gasteiger partial charge in [-0.2, -0.15) is 0 Å². The zero-order chi connectivity index (χ0) is 13.0. The van der Waals surface area contributed by atoms with Crippen molar-refractivity contribution in [3.8, 4) is 0 Å². The second-order valence-electron chi connectivity index (χ2n) is 4.58. The van der Waals surface area contributed by atoms with E-state index in [-0.39, 0.29) is 17.6 Å². The third kappa shape index (κ3) is 2.99. The Morgan fingerprint density at radius 2 is 1.83 bits per heavy atom. The van der Waals surface area contributed by atoms with Crippen LogP contribution in [0.5, 0.6) is 0 Å². The largest absolute Gasteiger partial charge is 0.381 e. The summed E-state index contributed by atoms with van der Waals surface area (Å²) in [5.41, 5.74) is -0.220. The Bertz CT molecular complexity index is 388. The number of ether oxygens (including phenoxy) is 1. The van der Waals surface area contributed by atoms with Crippen molar-refractivity contribution in [2.24, 2.45) is 0 Å². The summed E-state index contributed by atoms with van der Waals surface area (Å²) in [4.78, 5) is 0. The highest BCUT2D eigenvalue weighted by molar-refractivity contribution is 6.18. The SMILES string of the molecule is Fc1cccc(F)c1CNC1(CCl)CCOCC1. The minimum Gasteiger partial charge on any atom is -0.381 e. The Morgan fingerprint density at radius 1 is 1.22 bits per heavy atom. The van der Waals surface area contributed by atoms with Gasteiger partial charge in [-0.25, -0.2) is 8.78 Å². The molecule has 2 rings (SSSR count). The predicted molar refractivity (Wildman–Crippen MR) is 66.7 cm³/mol. The molecular formula is C13H16ClF2NO. The van der Waals surface area contributed by atoms with Gasteiger partial charge in [-0.15, -0.1) is 11.6 Å². The standard InChI is InChI=1S/C13H16ClF2NO/c14-9-13(4-6-18-7-5-13)17-8-10-11(15)2-1-3-12(10)16/h1-3,17H,4-9H2. The van der Waals surface area contributed by atoms with Crippen LogP contribution < -0.4 is 5.32 Å². The molecule has 1 fully saturated rings. The lowest BCUT2D eigenvalue weighted by atomic mass is 9.92. The second-order valence-corrected chi connectivity index (χ2v) is 4.85. The summed E-state index contributed by atoms with van der Waals surface area (Å²) in [6, 6.07) is 3.88. The molecule has 5 heteroatoms. The Hall–Kier alpha value is -0.710. The fraction of sp³-hybridized carbons (Fsp3) is 0.538. The molecule has 0 amide bonds. The summed E-state index contributed by atoms with van der Waals surface area (Å²) >= 11 is 5.98. The minimum absolute atomic E-state index is 0.0634. The summed E-state index contributed by atoms with van der Waals surface area (Å²) in [6.07, 6.45) is 1.51. The van der Waals surface area contributed by atoms with Gasteiger partial charge >= 0.3 is 0 Å². The van der Waals surface area contributed by atoms with Crippen LogP contribution in [-0.4, -0.2) is 24.6 Å². The van der Waals surface area contributed by atoms with Gasteiger partial charge in [-0.1, -0.05) is 6.07 Å². The third-order valence-corrected chi connectivity index (χ3v) is 3.92. The lowest BCUT2D eigenvalue weighted by Crippen LogP contribution is -2.50. The van der Waals surface area contributed by atoms with E-state index in [0.29, 0.717) is 19.1 Å². The lowest BCUT2D eigenvalue weighted by Gasteiger charge is -2.36. The van der Waals surface area contributed by atoms with Crippen molar-refractivity contribution in [2.75, 3.05) is 19.1 Å². The van der Waals surface area contributed by atoms with E-state index in [1.807, 2.05) is 0 Å². The number of alkyl halides is 1. The molecule has 1 N–H and O–H groups in total. The summed E-state index contributed by atoms with van der Waals surface area (Å²) < 4.78 is 32.3. The summed E-state index contributed by atoms with van der Waals surface area (Å²) in [6.45, 7) is 1.39. The first-order chi connectivity index (χ1) is 8.67. The van der Waals surface area contributed by atoms with Crippen LogP contribution in [0.3, 0.4) is 0 Å². The van der Waals surface area contributed by atoms with Crippen LogP contribution in [0.25, 0.3) is 0 Å². The molecule has 1 heterocycles. The molecule has 0 aliphatic carbocycles. The first-order valence-electron chi connectivity index (χ1n) is 5.98. The van der Waals surface area contributed by atoms with Crippen molar-refractivity contribution in [3.63, 3.8) is 0 Å². The van der Waals surface area contributed by atoms with Crippen LogP contribution in [0.4, 0.5) is 8.78 Å². The molecule has 0 saturated carbocycles. The van der Waals surface area contributed by atoms with E-state index in [9.17, 15) is 8.78 Å². The second kappa shape index (κ2) is 5.95. The van der Waals surface area contributed by atoms with E-state index >= 15 is 0 Å². The van der Waals surface area contributed by atoms with E-state index < -0.39 is 11.6 Å². The van der Waals surface area contributed by atoms with Gasteiger partial charge in [0.25, 0.3) is 0 Å². The highest BCUT2D eigenvalue weighted by Gasteiger charge is 2.31. The van der Waals surface area contributed by atoms with Gasteiger partial charge in [0.15, 0.2) is 0 Å². The molecule has 0 unspecified atom stereocenters. The van der Waals surface area contributed by atoms with Gasteiger partial charge < -0.3 is 10.1 Å². The van der Waals surface area contributed by atoms with Gasteiger partial charge in [0, 0.05) is 36.7 Å². The molecule has 1 aromatic rings. The van der Waals surface area contributed by atoms with E-state index in [4.69, 9.17) is 16.3 Å². The van der Waals surface area contributed by atoms with Gasteiger partial charge in [0.1, 0.15) is 11.6 Å². The average molecular weight is 276 g/mol. The van der Waals surface area contributed by atoms with E-state index in [1.54, 1.807) is 0 Å². The van der Waals surface area contributed by atoms with Crippen molar-refractivity contribution < 1.29 is 13.5 Å². The Labute approximate surface area is 110 Å². The number of nitrogens with one attached hydrogen (secondary N) is 1.